The van der Waals surface area contributed by atoms with Crippen LogP contribution in [-0.2, 0) is 6.54 Å². The quantitative estimate of drug-likeness (QED) is 0.675. The molecule has 1 aromatic carbocycles. The van der Waals surface area contributed by atoms with E-state index >= 15 is 0 Å². The lowest BCUT2D eigenvalue weighted by molar-refractivity contribution is 0.0928. The van der Waals surface area contributed by atoms with Crippen molar-refractivity contribution in [1.29, 1.82) is 0 Å². The topological polar surface area (TPSA) is 83.4 Å². The fraction of sp³-hybridized carbons (Fsp3) is 0.524. The van der Waals surface area contributed by atoms with Gasteiger partial charge < -0.3 is 15.1 Å². The zero-order chi connectivity index (χ0) is 21.7. The molecule has 9 heteroatoms. The first-order valence-electron chi connectivity index (χ1n) is 10.5. The number of halogens is 1. The Morgan fingerprint density at radius 1 is 1.20 bits per heavy atom. The fourth-order valence-corrected chi connectivity index (χ4v) is 3.64. The van der Waals surface area contributed by atoms with Gasteiger partial charge in [0, 0.05) is 24.8 Å². The van der Waals surface area contributed by atoms with Crippen molar-refractivity contribution in [3.8, 4) is 0 Å². The number of rotatable bonds is 9. The molecule has 0 saturated heterocycles. The molecule has 1 aliphatic heterocycles. The van der Waals surface area contributed by atoms with E-state index in [1.165, 1.54) is 16.7 Å². The molecule has 2 heterocycles. The average molecular weight is 417 g/mol. The van der Waals surface area contributed by atoms with E-state index < -0.39 is 11.5 Å². The van der Waals surface area contributed by atoms with E-state index in [4.69, 9.17) is 0 Å². The number of benzene rings is 1. The second-order valence-electron chi connectivity index (χ2n) is 7.48. The van der Waals surface area contributed by atoms with E-state index in [-0.39, 0.29) is 17.6 Å². The van der Waals surface area contributed by atoms with Crippen LogP contribution in [-0.4, -0.2) is 57.8 Å². The molecule has 0 aliphatic carbocycles. The van der Waals surface area contributed by atoms with Gasteiger partial charge in [-0.25, -0.2) is 4.39 Å². The molecule has 1 N–H and O–H groups in total. The third-order valence-electron chi connectivity index (χ3n) is 5.45. The van der Waals surface area contributed by atoms with Crippen molar-refractivity contribution >= 4 is 17.5 Å². The second kappa shape index (κ2) is 9.80. The van der Waals surface area contributed by atoms with Gasteiger partial charge in [0.25, 0.3) is 11.5 Å². The molecule has 1 atom stereocenters. The standard InChI is InChI=1S/C21H29FN6O2/c1-4-26(5-2)12-6-7-15(3)23-19(29)18-20(30)28-14-13-27(21(28)25-24-18)17-10-8-16(22)9-11-17/h8-11,15H,4-7,12-14H2,1-3H3,(H,23,29). The number of hydrogen-bond acceptors (Lipinski definition) is 6. The van der Waals surface area contributed by atoms with Gasteiger partial charge in [0.15, 0.2) is 0 Å². The Morgan fingerprint density at radius 2 is 1.90 bits per heavy atom. The van der Waals surface area contributed by atoms with Gasteiger partial charge >= 0.3 is 0 Å². The lowest BCUT2D eigenvalue weighted by Crippen LogP contribution is -2.39. The normalized spacial score (nSPS) is 14.1. The molecular formula is C21H29FN6O2. The van der Waals surface area contributed by atoms with Gasteiger partial charge in [0.2, 0.25) is 11.6 Å². The van der Waals surface area contributed by atoms with Crippen molar-refractivity contribution in [2.45, 2.75) is 46.2 Å². The van der Waals surface area contributed by atoms with E-state index in [0.29, 0.717) is 19.0 Å². The highest BCUT2D eigenvalue weighted by Gasteiger charge is 2.27. The summed E-state index contributed by atoms with van der Waals surface area (Å²) in [5.74, 6) is -0.478. The lowest BCUT2D eigenvalue weighted by atomic mass is 10.1. The smallest absolute Gasteiger partial charge is 0.286 e. The van der Waals surface area contributed by atoms with Gasteiger partial charge in [-0.05, 0) is 63.7 Å². The Kier molecular flexibility index (Phi) is 7.15. The molecule has 2 aromatic rings. The van der Waals surface area contributed by atoms with Crippen molar-refractivity contribution < 1.29 is 9.18 Å². The summed E-state index contributed by atoms with van der Waals surface area (Å²) in [5.41, 5.74) is 0.0585. The minimum absolute atomic E-state index is 0.0665. The van der Waals surface area contributed by atoms with Gasteiger partial charge in [0.1, 0.15) is 5.82 Å². The van der Waals surface area contributed by atoms with Crippen molar-refractivity contribution in [3.63, 3.8) is 0 Å². The first-order chi connectivity index (χ1) is 14.4. The van der Waals surface area contributed by atoms with E-state index in [0.717, 1.165) is 38.2 Å². The highest BCUT2D eigenvalue weighted by atomic mass is 19.1. The van der Waals surface area contributed by atoms with Crippen molar-refractivity contribution in [3.05, 3.63) is 46.1 Å². The number of anilines is 2. The monoisotopic (exact) mass is 416 g/mol. The zero-order valence-corrected chi connectivity index (χ0v) is 17.8. The van der Waals surface area contributed by atoms with Crippen LogP contribution in [0, 0.1) is 5.82 Å². The van der Waals surface area contributed by atoms with Gasteiger partial charge in [-0.15, -0.1) is 10.2 Å². The Hall–Kier alpha value is -2.81. The number of amides is 1. The fourth-order valence-electron chi connectivity index (χ4n) is 3.64. The Labute approximate surface area is 175 Å². The van der Waals surface area contributed by atoms with E-state index in [9.17, 15) is 14.0 Å². The highest BCUT2D eigenvalue weighted by molar-refractivity contribution is 5.92. The predicted molar refractivity (Wildman–Crippen MR) is 114 cm³/mol. The molecule has 0 fully saturated rings. The third-order valence-corrected chi connectivity index (χ3v) is 5.45. The third kappa shape index (κ3) is 4.84. The number of carbonyl (C=O) groups excluding carboxylic acids is 1. The zero-order valence-electron chi connectivity index (χ0n) is 17.8. The second-order valence-corrected chi connectivity index (χ2v) is 7.48. The van der Waals surface area contributed by atoms with Crippen LogP contribution in [0.25, 0.3) is 0 Å². The van der Waals surface area contributed by atoms with Crippen LogP contribution >= 0.6 is 0 Å². The summed E-state index contributed by atoms with van der Waals surface area (Å²) >= 11 is 0. The van der Waals surface area contributed by atoms with Crippen LogP contribution in [0.2, 0.25) is 0 Å². The summed E-state index contributed by atoms with van der Waals surface area (Å²) in [4.78, 5) is 29.5. The SMILES string of the molecule is CCN(CC)CCCC(C)NC(=O)c1nnc2n(c1=O)CCN2c1ccc(F)cc1. The molecule has 0 saturated carbocycles. The van der Waals surface area contributed by atoms with Crippen molar-refractivity contribution in [2.24, 2.45) is 0 Å². The van der Waals surface area contributed by atoms with Crippen molar-refractivity contribution in [1.82, 2.24) is 25.0 Å². The summed E-state index contributed by atoms with van der Waals surface area (Å²) in [6.45, 7) is 10.1. The Balaban J connectivity index is 1.66. The van der Waals surface area contributed by atoms with Crippen LogP contribution in [0.5, 0.6) is 0 Å². The summed E-state index contributed by atoms with van der Waals surface area (Å²) in [5, 5.41) is 10.9. The highest BCUT2D eigenvalue weighted by Crippen LogP contribution is 2.26. The number of hydrogen-bond donors (Lipinski definition) is 1. The number of nitrogens with zero attached hydrogens (tertiary/aromatic N) is 5. The summed E-state index contributed by atoms with van der Waals surface area (Å²) in [6.07, 6.45) is 1.78. The number of nitrogens with one attached hydrogen (secondary N) is 1. The van der Waals surface area contributed by atoms with Crippen molar-refractivity contribution in [2.75, 3.05) is 31.1 Å². The molecule has 3 rings (SSSR count). The first kappa shape index (κ1) is 21.9. The lowest BCUT2D eigenvalue weighted by Gasteiger charge is -2.19. The van der Waals surface area contributed by atoms with Gasteiger partial charge in [-0.2, -0.15) is 0 Å². The molecule has 0 radical (unpaired) electrons. The van der Waals surface area contributed by atoms with Gasteiger partial charge in [-0.3, -0.25) is 14.2 Å². The number of fused-ring (bicyclic) bond motifs is 1. The first-order valence-corrected chi connectivity index (χ1v) is 10.5. The number of aromatic nitrogens is 3. The summed E-state index contributed by atoms with van der Waals surface area (Å²) in [6, 6.07) is 5.89. The Bertz CT molecular complexity index is 926. The molecule has 1 amide bonds. The Morgan fingerprint density at radius 3 is 2.57 bits per heavy atom. The van der Waals surface area contributed by atoms with Crippen LogP contribution in [0.4, 0.5) is 16.0 Å². The van der Waals surface area contributed by atoms with Crippen LogP contribution in [0.3, 0.4) is 0 Å². The van der Waals surface area contributed by atoms with Crippen LogP contribution in [0.1, 0.15) is 44.1 Å². The minimum Gasteiger partial charge on any atom is -0.348 e. The van der Waals surface area contributed by atoms with Crippen LogP contribution < -0.4 is 15.8 Å². The summed E-state index contributed by atoms with van der Waals surface area (Å²) < 4.78 is 14.6. The maximum Gasteiger partial charge on any atom is 0.286 e. The average Bonchev–Trinajstić information content (AvgIpc) is 3.17. The predicted octanol–water partition coefficient (Wildman–Crippen LogP) is 2.17. The molecule has 1 aromatic heterocycles. The van der Waals surface area contributed by atoms with E-state index in [1.54, 1.807) is 17.0 Å². The molecule has 8 nitrogen and oxygen atoms in total. The van der Waals surface area contributed by atoms with E-state index in [2.05, 4.69) is 34.3 Å². The van der Waals surface area contributed by atoms with Gasteiger partial charge in [-0.1, -0.05) is 13.8 Å². The maximum atomic E-state index is 13.2. The van der Waals surface area contributed by atoms with E-state index in [1.807, 2.05) is 6.92 Å². The molecule has 1 aliphatic rings. The molecule has 30 heavy (non-hydrogen) atoms. The molecular weight excluding hydrogens is 387 g/mol. The molecule has 0 spiro atoms. The van der Waals surface area contributed by atoms with Crippen LogP contribution in [0.15, 0.2) is 29.1 Å². The maximum absolute atomic E-state index is 13.2. The molecule has 162 valence electrons. The molecule has 1 unspecified atom stereocenters. The number of carbonyl (C=O) groups is 1. The molecule has 0 bridgehead atoms. The minimum atomic E-state index is -0.502. The van der Waals surface area contributed by atoms with Gasteiger partial charge in [0.05, 0.1) is 0 Å². The summed E-state index contributed by atoms with van der Waals surface area (Å²) in [7, 11) is 0. The largest absolute Gasteiger partial charge is 0.348 e.